The van der Waals surface area contributed by atoms with Crippen LogP contribution in [0.25, 0.3) is 0 Å². The third-order valence-corrected chi connectivity index (χ3v) is 1.47. The van der Waals surface area contributed by atoms with Crippen molar-refractivity contribution in [3.8, 4) is 5.75 Å². The van der Waals surface area contributed by atoms with E-state index in [0.717, 1.165) is 5.56 Å². The lowest BCUT2D eigenvalue weighted by Crippen LogP contribution is -1.95. The molecule has 1 rings (SSSR count). The van der Waals surface area contributed by atoms with Gasteiger partial charge in [-0.05, 0) is 18.6 Å². The lowest BCUT2D eigenvalue weighted by Gasteiger charge is -2.05. The first-order valence-electron chi connectivity index (χ1n) is 3.61. The van der Waals surface area contributed by atoms with Crippen LogP contribution in [-0.4, -0.2) is 6.29 Å². The molecule has 0 N–H and O–H groups in total. The molecule has 0 radical (unpaired) electrons. The predicted octanol–water partition coefficient (Wildman–Crippen LogP) is 2.09. The molecule has 0 aliphatic carbocycles. The fraction of sp³-hybridized carbons (Fsp3) is 0.100. The SMILES string of the molecule is C=C(C=O)Oc1ccccc1C. The van der Waals surface area contributed by atoms with Crippen LogP contribution in [0.5, 0.6) is 5.75 Å². The second-order valence-corrected chi connectivity index (χ2v) is 2.45. The van der Waals surface area contributed by atoms with Crippen molar-refractivity contribution in [1.29, 1.82) is 0 Å². The Bertz CT molecular complexity index is 302. The maximum Gasteiger partial charge on any atom is 0.184 e. The maximum absolute atomic E-state index is 10.2. The van der Waals surface area contributed by atoms with E-state index in [1.54, 1.807) is 6.07 Å². The Labute approximate surface area is 71.5 Å². The van der Waals surface area contributed by atoms with Crippen molar-refractivity contribution >= 4 is 6.29 Å². The normalized spacial score (nSPS) is 9.08. The van der Waals surface area contributed by atoms with Gasteiger partial charge in [-0.15, -0.1) is 0 Å². The van der Waals surface area contributed by atoms with Crippen molar-refractivity contribution in [2.75, 3.05) is 0 Å². The monoisotopic (exact) mass is 162 g/mol. The minimum absolute atomic E-state index is 0.129. The number of benzene rings is 1. The molecule has 0 aliphatic heterocycles. The Morgan fingerprint density at radius 2 is 2.17 bits per heavy atom. The summed E-state index contributed by atoms with van der Waals surface area (Å²) >= 11 is 0. The maximum atomic E-state index is 10.2. The smallest absolute Gasteiger partial charge is 0.184 e. The van der Waals surface area contributed by atoms with Crippen molar-refractivity contribution < 1.29 is 9.53 Å². The second-order valence-electron chi connectivity index (χ2n) is 2.45. The van der Waals surface area contributed by atoms with E-state index < -0.39 is 0 Å². The number of allylic oxidation sites excluding steroid dienone is 1. The van der Waals surface area contributed by atoms with Crippen LogP contribution in [-0.2, 0) is 4.79 Å². The molecule has 0 heterocycles. The zero-order valence-corrected chi connectivity index (χ0v) is 6.91. The quantitative estimate of drug-likeness (QED) is 0.386. The Morgan fingerprint density at radius 1 is 1.50 bits per heavy atom. The van der Waals surface area contributed by atoms with Crippen molar-refractivity contribution in [1.82, 2.24) is 0 Å². The van der Waals surface area contributed by atoms with E-state index in [1.165, 1.54) is 0 Å². The Kier molecular flexibility index (Phi) is 2.64. The fourth-order valence-electron chi connectivity index (χ4n) is 0.836. The van der Waals surface area contributed by atoms with Crippen molar-refractivity contribution in [3.63, 3.8) is 0 Å². The molecule has 1 aromatic carbocycles. The summed E-state index contributed by atoms with van der Waals surface area (Å²) in [6, 6.07) is 7.46. The van der Waals surface area contributed by atoms with E-state index in [2.05, 4.69) is 6.58 Å². The first-order valence-corrected chi connectivity index (χ1v) is 3.61. The predicted molar refractivity (Wildman–Crippen MR) is 47.0 cm³/mol. The first kappa shape index (κ1) is 8.53. The summed E-state index contributed by atoms with van der Waals surface area (Å²) in [5.41, 5.74) is 0.987. The fourth-order valence-corrected chi connectivity index (χ4v) is 0.836. The van der Waals surface area contributed by atoms with Gasteiger partial charge in [0.15, 0.2) is 12.0 Å². The molecule has 12 heavy (non-hydrogen) atoms. The molecule has 0 fully saturated rings. The van der Waals surface area contributed by atoms with E-state index in [1.807, 2.05) is 25.1 Å². The molecular weight excluding hydrogens is 152 g/mol. The molecule has 0 atom stereocenters. The van der Waals surface area contributed by atoms with E-state index >= 15 is 0 Å². The molecule has 62 valence electrons. The minimum Gasteiger partial charge on any atom is -0.454 e. The van der Waals surface area contributed by atoms with E-state index in [9.17, 15) is 4.79 Å². The number of hydrogen-bond acceptors (Lipinski definition) is 2. The van der Waals surface area contributed by atoms with Crippen LogP contribution in [0, 0.1) is 6.92 Å². The molecule has 0 spiro atoms. The van der Waals surface area contributed by atoms with Crippen LogP contribution in [0.4, 0.5) is 0 Å². The number of para-hydroxylation sites is 1. The Hall–Kier alpha value is -1.57. The molecule has 0 bridgehead atoms. The van der Waals surface area contributed by atoms with Crippen LogP contribution in [0.2, 0.25) is 0 Å². The third kappa shape index (κ3) is 1.95. The number of ether oxygens (including phenoxy) is 1. The second kappa shape index (κ2) is 3.72. The average molecular weight is 162 g/mol. The molecule has 0 aliphatic rings. The number of carbonyl (C=O) groups excluding carboxylic acids is 1. The van der Waals surface area contributed by atoms with Crippen molar-refractivity contribution in [3.05, 3.63) is 42.2 Å². The van der Waals surface area contributed by atoms with Crippen molar-refractivity contribution in [2.45, 2.75) is 6.92 Å². The number of carbonyl (C=O) groups is 1. The summed E-state index contributed by atoms with van der Waals surface area (Å²) in [7, 11) is 0. The molecule has 2 nitrogen and oxygen atoms in total. The number of hydrogen-bond donors (Lipinski definition) is 0. The lowest BCUT2D eigenvalue weighted by atomic mass is 10.2. The minimum atomic E-state index is 0.129. The van der Waals surface area contributed by atoms with Gasteiger partial charge in [0.25, 0.3) is 0 Å². The molecular formula is C10H10O2. The zero-order chi connectivity index (χ0) is 8.97. The topological polar surface area (TPSA) is 26.3 Å². The zero-order valence-electron chi connectivity index (χ0n) is 6.91. The van der Waals surface area contributed by atoms with Gasteiger partial charge in [-0.3, -0.25) is 4.79 Å². The van der Waals surface area contributed by atoms with E-state index in [0.29, 0.717) is 12.0 Å². The Balaban J connectivity index is 2.82. The van der Waals surface area contributed by atoms with Gasteiger partial charge in [0.05, 0.1) is 0 Å². The molecule has 0 unspecified atom stereocenters. The average Bonchev–Trinajstić information content (AvgIpc) is 2.09. The summed E-state index contributed by atoms with van der Waals surface area (Å²) in [4.78, 5) is 10.2. The van der Waals surface area contributed by atoms with Crippen LogP contribution in [0.3, 0.4) is 0 Å². The molecule has 0 aromatic heterocycles. The molecule has 2 heteroatoms. The van der Waals surface area contributed by atoms with Crippen LogP contribution in [0.1, 0.15) is 5.56 Å². The molecule has 0 saturated carbocycles. The van der Waals surface area contributed by atoms with Gasteiger partial charge in [0.1, 0.15) is 5.75 Å². The highest BCUT2D eigenvalue weighted by molar-refractivity contribution is 5.70. The molecule has 1 aromatic rings. The highest BCUT2D eigenvalue weighted by Gasteiger charge is 1.98. The van der Waals surface area contributed by atoms with Gasteiger partial charge in [0, 0.05) is 0 Å². The van der Waals surface area contributed by atoms with Crippen molar-refractivity contribution in [2.24, 2.45) is 0 Å². The molecule has 0 amide bonds. The van der Waals surface area contributed by atoms with Gasteiger partial charge < -0.3 is 4.74 Å². The highest BCUT2D eigenvalue weighted by Crippen LogP contribution is 2.17. The summed E-state index contributed by atoms with van der Waals surface area (Å²) in [5.74, 6) is 0.805. The highest BCUT2D eigenvalue weighted by atomic mass is 16.5. The van der Waals surface area contributed by atoms with Gasteiger partial charge in [0.2, 0.25) is 0 Å². The van der Waals surface area contributed by atoms with E-state index in [-0.39, 0.29) is 5.76 Å². The summed E-state index contributed by atoms with van der Waals surface area (Å²) in [6.45, 7) is 5.33. The van der Waals surface area contributed by atoms with Crippen LogP contribution < -0.4 is 4.74 Å². The van der Waals surface area contributed by atoms with Crippen LogP contribution >= 0.6 is 0 Å². The van der Waals surface area contributed by atoms with Gasteiger partial charge in [-0.2, -0.15) is 0 Å². The largest absolute Gasteiger partial charge is 0.454 e. The molecule has 0 saturated heterocycles. The summed E-state index contributed by atoms with van der Waals surface area (Å²) in [5, 5.41) is 0. The summed E-state index contributed by atoms with van der Waals surface area (Å²) < 4.78 is 5.13. The first-order chi connectivity index (χ1) is 5.74. The number of aryl methyl sites for hydroxylation is 1. The number of rotatable bonds is 3. The van der Waals surface area contributed by atoms with E-state index in [4.69, 9.17) is 4.74 Å². The third-order valence-electron chi connectivity index (χ3n) is 1.47. The van der Waals surface area contributed by atoms with Gasteiger partial charge >= 0.3 is 0 Å². The lowest BCUT2D eigenvalue weighted by molar-refractivity contribution is -0.106. The Morgan fingerprint density at radius 3 is 2.75 bits per heavy atom. The summed E-state index contributed by atoms with van der Waals surface area (Å²) in [6.07, 6.45) is 0.590. The van der Waals surface area contributed by atoms with Crippen LogP contribution in [0.15, 0.2) is 36.6 Å². The van der Waals surface area contributed by atoms with Gasteiger partial charge in [-0.1, -0.05) is 24.8 Å². The van der Waals surface area contributed by atoms with Gasteiger partial charge in [-0.25, -0.2) is 0 Å². The number of aldehydes is 1. The standard InChI is InChI=1S/C10H10O2/c1-8-5-3-4-6-10(8)12-9(2)7-11/h3-7H,2H2,1H3.